The standard InChI is InChI=1S/C23H22F3N5O2S/c24-23(25,26)33-19-5-3-18(4-6-19)32-20-7-11-28-21(14-20)31-12-8-16(9-13-31)29-22(34)30-17-2-1-10-27-15-17/h1-7,10-11,14-16H,8-9,12-13H2,(H2,29,30,34). The Hall–Kier alpha value is -3.60. The summed E-state index contributed by atoms with van der Waals surface area (Å²) in [7, 11) is 0. The van der Waals surface area contributed by atoms with Crippen molar-refractivity contribution in [1.82, 2.24) is 15.3 Å². The van der Waals surface area contributed by atoms with Crippen LogP contribution in [0.2, 0.25) is 0 Å². The first-order valence-electron chi connectivity index (χ1n) is 10.6. The van der Waals surface area contributed by atoms with Crippen LogP contribution in [0.25, 0.3) is 0 Å². The third-order valence-corrected chi connectivity index (χ3v) is 5.30. The number of benzene rings is 1. The zero-order chi connectivity index (χ0) is 24.0. The van der Waals surface area contributed by atoms with Crippen molar-refractivity contribution in [2.45, 2.75) is 25.2 Å². The van der Waals surface area contributed by atoms with E-state index in [9.17, 15) is 13.2 Å². The normalized spacial score (nSPS) is 14.4. The largest absolute Gasteiger partial charge is 0.573 e. The molecule has 1 fully saturated rings. The fraction of sp³-hybridized carbons (Fsp3) is 0.261. The summed E-state index contributed by atoms with van der Waals surface area (Å²) in [5.41, 5.74) is 0.834. The van der Waals surface area contributed by atoms with Crippen LogP contribution in [0.1, 0.15) is 12.8 Å². The van der Waals surface area contributed by atoms with E-state index in [-0.39, 0.29) is 11.8 Å². The van der Waals surface area contributed by atoms with Crippen LogP contribution < -0.4 is 25.0 Å². The van der Waals surface area contributed by atoms with E-state index in [1.807, 2.05) is 18.2 Å². The van der Waals surface area contributed by atoms with Crippen molar-refractivity contribution in [3.63, 3.8) is 0 Å². The van der Waals surface area contributed by atoms with Gasteiger partial charge in [0.15, 0.2) is 5.11 Å². The molecule has 0 aliphatic carbocycles. The first-order chi connectivity index (χ1) is 16.3. The van der Waals surface area contributed by atoms with Crippen LogP contribution in [-0.4, -0.2) is 40.6 Å². The van der Waals surface area contributed by atoms with Gasteiger partial charge in [0.1, 0.15) is 23.1 Å². The van der Waals surface area contributed by atoms with Crippen LogP contribution >= 0.6 is 12.2 Å². The molecule has 1 aromatic carbocycles. The number of nitrogens with one attached hydrogen (secondary N) is 2. The minimum atomic E-state index is -4.73. The first-order valence-corrected chi connectivity index (χ1v) is 11.0. The first kappa shape index (κ1) is 23.6. The predicted octanol–water partition coefficient (Wildman–Crippen LogP) is 5.12. The molecule has 7 nitrogen and oxygen atoms in total. The van der Waals surface area contributed by atoms with Crippen LogP contribution in [-0.2, 0) is 0 Å². The Morgan fingerprint density at radius 1 is 1.00 bits per heavy atom. The molecule has 34 heavy (non-hydrogen) atoms. The van der Waals surface area contributed by atoms with Gasteiger partial charge in [0.2, 0.25) is 0 Å². The summed E-state index contributed by atoms with van der Waals surface area (Å²) in [6.07, 6.45) is 2.08. The van der Waals surface area contributed by atoms with Crippen molar-refractivity contribution in [1.29, 1.82) is 0 Å². The number of ether oxygens (including phenoxy) is 2. The van der Waals surface area contributed by atoms with Crippen LogP contribution in [0.3, 0.4) is 0 Å². The molecule has 1 aliphatic rings. The second-order valence-electron chi connectivity index (χ2n) is 7.57. The summed E-state index contributed by atoms with van der Waals surface area (Å²) in [5.74, 6) is 1.40. The summed E-state index contributed by atoms with van der Waals surface area (Å²) in [6.45, 7) is 1.57. The molecule has 1 saturated heterocycles. The van der Waals surface area contributed by atoms with Gasteiger partial charge in [-0.3, -0.25) is 4.98 Å². The molecule has 1 aliphatic heterocycles. The summed E-state index contributed by atoms with van der Waals surface area (Å²) >= 11 is 5.40. The Kier molecular flexibility index (Phi) is 7.31. The molecule has 0 bridgehead atoms. The predicted molar refractivity (Wildman–Crippen MR) is 126 cm³/mol. The summed E-state index contributed by atoms with van der Waals surface area (Å²) in [5, 5.41) is 7.03. The zero-order valence-electron chi connectivity index (χ0n) is 18.0. The van der Waals surface area contributed by atoms with Crippen LogP contribution in [0.4, 0.5) is 24.7 Å². The third kappa shape index (κ3) is 6.95. The van der Waals surface area contributed by atoms with Gasteiger partial charge >= 0.3 is 6.36 Å². The Morgan fingerprint density at radius 2 is 1.74 bits per heavy atom. The quantitative estimate of drug-likeness (QED) is 0.462. The maximum absolute atomic E-state index is 12.3. The van der Waals surface area contributed by atoms with E-state index >= 15 is 0 Å². The SMILES string of the molecule is FC(F)(F)Oc1ccc(Oc2ccnc(N3CCC(NC(=S)Nc4cccnc4)CC3)c2)cc1. The van der Waals surface area contributed by atoms with Gasteiger partial charge in [-0.05, 0) is 67.5 Å². The van der Waals surface area contributed by atoms with Crippen molar-refractivity contribution in [3.8, 4) is 17.2 Å². The van der Waals surface area contributed by atoms with E-state index in [1.165, 1.54) is 24.3 Å². The van der Waals surface area contributed by atoms with E-state index in [0.717, 1.165) is 37.4 Å². The Labute approximate surface area is 199 Å². The van der Waals surface area contributed by atoms with Crippen molar-refractivity contribution >= 4 is 28.8 Å². The number of aromatic nitrogens is 2. The van der Waals surface area contributed by atoms with Crippen molar-refractivity contribution < 1.29 is 22.6 Å². The monoisotopic (exact) mass is 489 g/mol. The maximum atomic E-state index is 12.3. The van der Waals surface area contributed by atoms with Gasteiger partial charge in [-0.1, -0.05) is 0 Å². The van der Waals surface area contributed by atoms with Gasteiger partial charge in [-0.25, -0.2) is 4.98 Å². The number of nitrogens with zero attached hydrogens (tertiary/aromatic N) is 3. The van der Waals surface area contributed by atoms with Crippen molar-refractivity contribution in [2.75, 3.05) is 23.3 Å². The summed E-state index contributed by atoms with van der Waals surface area (Å²) < 4.78 is 46.6. The number of thiocarbonyl (C=S) groups is 1. The molecule has 3 aromatic rings. The van der Waals surface area contributed by atoms with E-state index in [4.69, 9.17) is 17.0 Å². The Bertz CT molecular complexity index is 1090. The van der Waals surface area contributed by atoms with E-state index in [0.29, 0.717) is 16.6 Å². The van der Waals surface area contributed by atoms with Gasteiger partial charge in [0, 0.05) is 37.6 Å². The van der Waals surface area contributed by atoms with E-state index < -0.39 is 6.36 Å². The van der Waals surface area contributed by atoms with Gasteiger partial charge < -0.3 is 25.0 Å². The number of pyridine rings is 2. The number of anilines is 2. The second kappa shape index (κ2) is 10.6. The molecule has 0 amide bonds. The van der Waals surface area contributed by atoms with E-state index in [2.05, 4.69) is 30.2 Å². The van der Waals surface area contributed by atoms with Gasteiger partial charge in [0.25, 0.3) is 0 Å². The minimum Gasteiger partial charge on any atom is -0.457 e. The zero-order valence-corrected chi connectivity index (χ0v) is 18.8. The lowest BCUT2D eigenvalue weighted by Gasteiger charge is -2.33. The lowest BCUT2D eigenvalue weighted by molar-refractivity contribution is -0.274. The molecule has 178 valence electrons. The highest BCUT2D eigenvalue weighted by molar-refractivity contribution is 7.80. The van der Waals surface area contributed by atoms with Crippen molar-refractivity contribution in [2.24, 2.45) is 0 Å². The Balaban J connectivity index is 1.28. The fourth-order valence-corrected chi connectivity index (χ4v) is 3.81. The molecule has 2 aromatic heterocycles. The number of piperidine rings is 1. The molecular weight excluding hydrogens is 467 g/mol. The lowest BCUT2D eigenvalue weighted by Crippen LogP contribution is -2.46. The summed E-state index contributed by atoms with van der Waals surface area (Å²) in [4.78, 5) is 10.6. The van der Waals surface area contributed by atoms with Crippen molar-refractivity contribution in [3.05, 3.63) is 67.1 Å². The van der Waals surface area contributed by atoms with Crippen LogP contribution in [0.15, 0.2) is 67.1 Å². The van der Waals surface area contributed by atoms with Gasteiger partial charge in [-0.15, -0.1) is 13.2 Å². The second-order valence-corrected chi connectivity index (χ2v) is 7.98. The molecule has 0 radical (unpaired) electrons. The topological polar surface area (TPSA) is 71.5 Å². The minimum absolute atomic E-state index is 0.241. The Morgan fingerprint density at radius 3 is 2.41 bits per heavy atom. The maximum Gasteiger partial charge on any atom is 0.573 e. The van der Waals surface area contributed by atoms with Crippen LogP contribution in [0, 0.1) is 0 Å². The highest BCUT2D eigenvalue weighted by Gasteiger charge is 2.31. The highest BCUT2D eigenvalue weighted by Crippen LogP contribution is 2.29. The highest BCUT2D eigenvalue weighted by atomic mass is 32.1. The number of rotatable bonds is 6. The molecule has 4 rings (SSSR count). The molecule has 11 heteroatoms. The summed E-state index contributed by atoms with van der Waals surface area (Å²) in [6, 6.07) is 12.7. The molecule has 3 heterocycles. The van der Waals surface area contributed by atoms with Gasteiger partial charge in [0.05, 0.1) is 11.9 Å². The van der Waals surface area contributed by atoms with E-state index in [1.54, 1.807) is 24.7 Å². The molecule has 0 saturated carbocycles. The number of halogens is 3. The lowest BCUT2D eigenvalue weighted by atomic mass is 10.1. The number of hydrogen-bond donors (Lipinski definition) is 2. The smallest absolute Gasteiger partial charge is 0.457 e. The molecule has 0 atom stereocenters. The van der Waals surface area contributed by atoms with Gasteiger partial charge in [-0.2, -0.15) is 0 Å². The molecular formula is C23H22F3N5O2S. The average molecular weight is 490 g/mol. The molecule has 0 unspecified atom stereocenters. The molecule has 0 spiro atoms. The molecule has 2 N–H and O–H groups in total. The number of hydrogen-bond acceptors (Lipinski definition) is 6. The third-order valence-electron chi connectivity index (χ3n) is 5.08. The average Bonchev–Trinajstić information content (AvgIpc) is 2.81. The van der Waals surface area contributed by atoms with Crippen LogP contribution in [0.5, 0.6) is 17.2 Å². The number of alkyl halides is 3. The fourth-order valence-electron chi connectivity index (χ4n) is 3.52.